The van der Waals surface area contributed by atoms with Crippen LogP contribution in [0.4, 0.5) is 0 Å². The average Bonchev–Trinajstić information content (AvgIpc) is 2.09. The Kier molecular flexibility index (Phi) is 29.4. The molecule has 15 aromatic rings. The van der Waals surface area contributed by atoms with Crippen molar-refractivity contribution in [1.82, 2.24) is 0 Å². The molecule has 0 aliphatic carbocycles. The second-order valence-electron chi connectivity index (χ2n) is 22.6. The van der Waals surface area contributed by atoms with Crippen molar-refractivity contribution in [3.63, 3.8) is 0 Å². The van der Waals surface area contributed by atoms with Gasteiger partial charge >= 0.3 is 113 Å². The number of halogens is 4. The number of benzene rings is 11. The minimum absolute atomic E-state index is 0. The van der Waals surface area contributed by atoms with E-state index in [1.54, 1.807) is 51.9 Å². The zero-order valence-electron chi connectivity index (χ0n) is 52.8. The van der Waals surface area contributed by atoms with Crippen LogP contribution in [-0.4, -0.2) is 10.9 Å². The zero-order chi connectivity index (χ0) is 60.7. The molecule has 0 aliphatic rings. The quantitative estimate of drug-likeness (QED) is 0.110. The van der Waals surface area contributed by atoms with Gasteiger partial charge in [0, 0.05) is 0 Å². The SMILES string of the molecule is CCc1cc2c(-c3ccc4ccccc4c3)cccc2[cH-]1.CCc1cc2c(-c3ccc4ccccc4c3)cccc2[cH-]1.C[Si](=[Zr+2])c1ccccc1.C[Si](C)=[Zr+2].Cc1cc2c(-c3ccccc3)cccc2[cH-]1.Cc1cc2c(-c3ccccc3)cccc2[cH-]1.Cl.Cl.Cl.Cl. The van der Waals surface area contributed by atoms with E-state index in [4.69, 9.17) is 0 Å². The van der Waals surface area contributed by atoms with Gasteiger partial charge in [0.25, 0.3) is 0 Å². The molecule has 0 amide bonds. The normalized spacial score (nSPS) is 10.2. The van der Waals surface area contributed by atoms with E-state index >= 15 is 0 Å². The molecule has 0 spiro atoms. The molecule has 0 radical (unpaired) electrons. The largest absolute Gasteiger partial charge is 0.165 e. The van der Waals surface area contributed by atoms with Crippen molar-refractivity contribution < 1.29 is 46.7 Å². The Hall–Kier alpha value is -6.26. The van der Waals surface area contributed by atoms with Gasteiger partial charge in [0.2, 0.25) is 0 Å². The maximum Gasteiger partial charge on any atom is -0.0279 e. The molecule has 0 saturated heterocycles. The predicted octanol–water partition coefficient (Wildman–Crippen LogP) is 24.5. The molecule has 0 bridgehead atoms. The molecule has 0 heterocycles. The predicted molar refractivity (Wildman–Crippen MR) is 407 cm³/mol. The van der Waals surface area contributed by atoms with Gasteiger partial charge in [-0.2, -0.15) is 24.3 Å². The summed E-state index contributed by atoms with van der Waals surface area (Å²) >= 11 is 3.43. The van der Waals surface area contributed by atoms with E-state index in [-0.39, 0.29) is 60.5 Å². The molecule has 0 unspecified atom stereocenters. The van der Waals surface area contributed by atoms with Gasteiger partial charge in [0.1, 0.15) is 0 Å². The summed E-state index contributed by atoms with van der Waals surface area (Å²) < 4.78 is 0. The summed E-state index contributed by atoms with van der Waals surface area (Å²) in [6, 6.07) is 107. The van der Waals surface area contributed by atoms with Gasteiger partial charge in [-0.05, 0) is 68.8 Å². The fraction of sp³-hybridized carbons (Fsp3) is 0.108. The van der Waals surface area contributed by atoms with Crippen molar-refractivity contribution >= 4 is 130 Å². The van der Waals surface area contributed by atoms with Crippen LogP contribution < -0.4 is 5.19 Å². The number of hydrogen-bond acceptors (Lipinski definition) is 0. The van der Waals surface area contributed by atoms with Crippen molar-refractivity contribution in [3.05, 3.63) is 320 Å². The summed E-state index contributed by atoms with van der Waals surface area (Å²) in [5.74, 6) is 0. The molecule has 8 heteroatoms. The van der Waals surface area contributed by atoms with Crippen LogP contribution in [0.5, 0.6) is 0 Å². The molecule has 0 N–H and O–H groups in total. The van der Waals surface area contributed by atoms with Crippen molar-refractivity contribution in [2.45, 2.75) is 60.2 Å². The van der Waals surface area contributed by atoms with Crippen molar-refractivity contribution in [2.24, 2.45) is 0 Å². The smallest absolute Gasteiger partial charge is 0.0279 e. The van der Waals surface area contributed by atoms with Crippen LogP contribution in [0, 0.1) is 13.8 Å². The first-order valence-corrected chi connectivity index (χ1v) is 42.2. The summed E-state index contributed by atoms with van der Waals surface area (Å²) in [7, 11) is 0. The Morgan fingerprint density at radius 1 is 0.297 bits per heavy atom. The summed E-state index contributed by atoms with van der Waals surface area (Å²) in [5, 5.41) is 17.5. The number of fused-ring (bicyclic) bond motifs is 6. The molecule has 0 nitrogen and oxygen atoms in total. The van der Waals surface area contributed by atoms with Gasteiger partial charge in [-0.1, -0.05) is 208 Å². The van der Waals surface area contributed by atoms with Gasteiger partial charge in [-0.15, -0.1) is 188 Å². The fourth-order valence-corrected chi connectivity index (χ4v) is 13.3. The summed E-state index contributed by atoms with van der Waals surface area (Å²) in [4.78, 5) is 0. The summed E-state index contributed by atoms with van der Waals surface area (Å²) in [5.41, 5.74) is 16.1. The van der Waals surface area contributed by atoms with Gasteiger partial charge < -0.3 is 0 Å². The molecule has 0 saturated carbocycles. The summed E-state index contributed by atoms with van der Waals surface area (Å²) in [6.07, 6.45) is 2.18. The molecule has 0 fully saturated rings. The molecular weight excluding hydrogens is 1380 g/mol. The Labute approximate surface area is 595 Å². The minimum Gasteiger partial charge on any atom is -0.165 e. The maximum atomic E-state index is 2.35. The van der Waals surface area contributed by atoms with E-state index in [9.17, 15) is 0 Å². The van der Waals surface area contributed by atoms with Crippen molar-refractivity contribution in [3.8, 4) is 44.5 Å². The third-order valence-corrected chi connectivity index (χ3v) is 19.1. The van der Waals surface area contributed by atoms with Crippen LogP contribution in [0.2, 0.25) is 19.6 Å². The number of rotatable bonds is 7. The molecule has 0 aliphatic heterocycles. The van der Waals surface area contributed by atoms with Crippen LogP contribution in [-0.2, 0) is 59.5 Å². The molecule has 91 heavy (non-hydrogen) atoms. The van der Waals surface area contributed by atoms with Crippen LogP contribution in [0.25, 0.3) is 109 Å². The van der Waals surface area contributed by atoms with E-state index in [0.29, 0.717) is 0 Å². The Morgan fingerprint density at radius 2 is 0.593 bits per heavy atom. The second-order valence-corrected chi connectivity index (χ2v) is 39.3. The number of aryl methyl sites for hydroxylation is 4. The van der Waals surface area contributed by atoms with Gasteiger partial charge in [0.15, 0.2) is 0 Å². The Balaban J connectivity index is 0.000000180. The molecule has 0 atom stereocenters. The minimum atomic E-state index is -0.122. The first-order valence-electron chi connectivity index (χ1n) is 30.3. The first kappa shape index (κ1) is 73.8. The average molecular weight is 1460 g/mol. The van der Waals surface area contributed by atoms with E-state index in [0.717, 1.165) is 12.8 Å². The third-order valence-electron chi connectivity index (χ3n) is 15.7. The fourth-order valence-electron chi connectivity index (χ4n) is 11.4. The van der Waals surface area contributed by atoms with Crippen LogP contribution >= 0.6 is 49.6 Å². The van der Waals surface area contributed by atoms with Crippen LogP contribution in [0.15, 0.2) is 297 Å². The number of hydrogen-bond donors (Lipinski definition) is 0. The van der Waals surface area contributed by atoms with E-state index in [1.165, 1.54) is 131 Å². The Bertz CT molecular complexity index is 4490. The molecule has 454 valence electrons. The van der Waals surface area contributed by atoms with Crippen LogP contribution in [0.1, 0.15) is 36.1 Å². The molecular formula is C83H78Cl4Si2Zr2. The zero-order valence-corrected chi connectivity index (χ0v) is 63.0. The van der Waals surface area contributed by atoms with E-state index < -0.39 is 0 Å². The molecule has 0 aromatic heterocycles. The second kappa shape index (κ2) is 36.3. The van der Waals surface area contributed by atoms with Gasteiger partial charge in [-0.25, -0.2) is 0 Å². The van der Waals surface area contributed by atoms with Crippen LogP contribution in [0.3, 0.4) is 0 Å². The van der Waals surface area contributed by atoms with Gasteiger partial charge in [-0.3, -0.25) is 0 Å². The standard InChI is InChI=1S/2C21H17.2C16H13.C7H8Si.C2H6Si.4ClH.2Zr/c2*1-2-15-12-18-8-5-9-20(21(18)13-15)19-11-10-16-6-3-4-7-17(16)14-19;2*1-12-10-14-8-5-9-15(16(14)11-12)13-6-3-2-4-7-13;1-8-7-5-3-2-4-6-7;1-3-2;;;;;;/h2*3-14H,2H2,1H3;2*2-11H,1H3;2-6H,1H3;1-2H3;4*1H;;/q4*-1;;;;;;;2*+2. The topological polar surface area (TPSA) is 0 Å². The Morgan fingerprint density at radius 3 is 0.923 bits per heavy atom. The third kappa shape index (κ3) is 19.4. The molecule has 15 rings (SSSR count). The summed E-state index contributed by atoms with van der Waals surface area (Å²) in [6.45, 7) is 15.7. The molecule has 15 aromatic carbocycles. The van der Waals surface area contributed by atoms with Gasteiger partial charge in [0.05, 0.1) is 0 Å². The van der Waals surface area contributed by atoms with Crippen molar-refractivity contribution in [2.75, 3.05) is 0 Å². The maximum absolute atomic E-state index is 2.35. The first-order chi connectivity index (χ1) is 42.4. The van der Waals surface area contributed by atoms with E-state index in [1.807, 2.05) is 0 Å². The van der Waals surface area contributed by atoms with E-state index in [2.05, 4.69) is 345 Å². The van der Waals surface area contributed by atoms with Crippen molar-refractivity contribution in [1.29, 1.82) is 0 Å². The monoisotopic (exact) mass is 1450 g/mol.